The normalized spacial score (nSPS) is 14.5. The highest BCUT2D eigenvalue weighted by molar-refractivity contribution is 6.07. The molecule has 0 bridgehead atoms. The van der Waals surface area contributed by atoms with Crippen LogP contribution in [-0.2, 0) is 0 Å². The molecule has 32 heavy (non-hydrogen) atoms. The molecule has 3 aromatic rings. The largest absolute Gasteiger partial charge is 0.394 e. The van der Waals surface area contributed by atoms with Crippen LogP contribution >= 0.6 is 0 Å². The number of aliphatic hydroxyl groups excluding tert-OH is 2. The molecule has 0 spiro atoms. The molecule has 2 atom stereocenters. The lowest BCUT2D eigenvalue weighted by molar-refractivity contribution is -0.143. The maximum absolute atomic E-state index is 12.9. The van der Waals surface area contributed by atoms with Crippen LogP contribution in [0, 0.1) is 5.41 Å². The molecule has 12 heteroatoms. The number of aliphatic hydroxyl groups is 2. The van der Waals surface area contributed by atoms with Gasteiger partial charge in [0.1, 0.15) is 0 Å². The minimum atomic E-state index is -4.30. The Balaban J connectivity index is 1.97. The molecule has 2 unspecified atom stereocenters. The van der Waals surface area contributed by atoms with Gasteiger partial charge < -0.3 is 20.9 Å². The van der Waals surface area contributed by atoms with Gasteiger partial charge in [-0.05, 0) is 12.5 Å². The molecule has 0 fully saturated rings. The number of rotatable bonds is 10. The van der Waals surface area contributed by atoms with Crippen molar-refractivity contribution in [2.24, 2.45) is 0 Å². The maximum Gasteiger partial charge on any atom is 0.391 e. The third kappa shape index (κ3) is 5.51. The quantitative estimate of drug-likeness (QED) is 0.351. The SMILES string of the molecule is CCC(CC(F)(F)F)n1cc(-c2nc(/C(C=N)=C/NCC(O)CO)cn3nccc23)cn1. The van der Waals surface area contributed by atoms with Crippen molar-refractivity contribution < 1.29 is 23.4 Å². The Morgan fingerprint density at radius 1 is 1.31 bits per heavy atom. The number of halogens is 3. The van der Waals surface area contributed by atoms with E-state index < -0.39 is 31.3 Å². The molecule has 3 aromatic heterocycles. The number of hydrogen-bond donors (Lipinski definition) is 4. The second-order valence-electron chi connectivity index (χ2n) is 7.21. The topological polar surface area (TPSA) is 124 Å². The van der Waals surface area contributed by atoms with Crippen LogP contribution in [0.3, 0.4) is 0 Å². The highest BCUT2D eigenvalue weighted by Gasteiger charge is 2.32. The van der Waals surface area contributed by atoms with Gasteiger partial charge in [0, 0.05) is 36.3 Å². The fourth-order valence-corrected chi connectivity index (χ4v) is 3.19. The van der Waals surface area contributed by atoms with Gasteiger partial charge in [-0.2, -0.15) is 23.4 Å². The van der Waals surface area contributed by atoms with Gasteiger partial charge in [-0.1, -0.05) is 6.92 Å². The number of hydrogen-bond acceptors (Lipinski definition) is 7. The third-order valence-electron chi connectivity index (χ3n) is 4.85. The highest BCUT2D eigenvalue weighted by atomic mass is 19.4. The average molecular weight is 451 g/mol. The van der Waals surface area contributed by atoms with Crippen LogP contribution in [0.1, 0.15) is 31.5 Å². The number of allylic oxidation sites excluding steroid dienone is 1. The average Bonchev–Trinajstić information content (AvgIpc) is 3.43. The van der Waals surface area contributed by atoms with Crippen molar-refractivity contribution in [2.45, 2.75) is 38.1 Å². The van der Waals surface area contributed by atoms with Crippen molar-refractivity contribution in [2.75, 3.05) is 13.2 Å². The van der Waals surface area contributed by atoms with Gasteiger partial charge in [0.15, 0.2) is 0 Å². The molecule has 0 saturated carbocycles. The predicted molar refractivity (Wildman–Crippen MR) is 112 cm³/mol. The summed E-state index contributed by atoms with van der Waals surface area (Å²) in [5.74, 6) is 0. The van der Waals surface area contributed by atoms with E-state index in [0.29, 0.717) is 28.0 Å². The first-order valence-corrected chi connectivity index (χ1v) is 9.94. The standard InChI is InChI=1S/C20H24F3N7O2/c1-2-15(5-20(21,22)23)29-10-14(8-27-29)19-18-3-4-26-30(18)11-17(28-19)13(6-24)7-25-9-16(32)12-31/h3-4,6-8,10-11,15-16,24-25,31-32H,2,5,9,12H2,1H3/b13-7+,24-6?. The monoisotopic (exact) mass is 451 g/mol. The van der Waals surface area contributed by atoms with E-state index in [1.54, 1.807) is 29.9 Å². The lowest BCUT2D eigenvalue weighted by atomic mass is 10.1. The molecular formula is C20H24F3N7O2. The van der Waals surface area contributed by atoms with Crippen molar-refractivity contribution in [1.29, 1.82) is 5.41 Å². The van der Waals surface area contributed by atoms with Crippen LogP contribution in [0.15, 0.2) is 37.1 Å². The summed E-state index contributed by atoms with van der Waals surface area (Å²) in [5.41, 5.74) is 2.37. The zero-order chi connectivity index (χ0) is 23.3. The summed E-state index contributed by atoms with van der Waals surface area (Å²) in [5, 5.41) is 37.2. The number of fused-ring (bicyclic) bond motifs is 1. The van der Waals surface area contributed by atoms with Crippen molar-refractivity contribution in [1.82, 2.24) is 29.7 Å². The van der Waals surface area contributed by atoms with E-state index in [-0.39, 0.29) is 13.0 Å². The third-order valence-corrected chi connectivity index (χ3v) is 4.85. The minimum absolute atomic E-state index is 0.0785. The molecule has 172 valence electrons. The summed E-state index contributed by atoms with van der Waals surface area (Å²) >= 11 is 0. The van der Waals surface area contributed by atoms with Crippen molar-refractivity contribution in [3.05, 3.63) is 42.7 Å². The zero-order valence-corrected chi connectivity index (χ0v) is 17.3. The Bertz CT molecular complexity index is 1090. The maximum atomic E-state index is 12.9. The van der Waals surface area contributed by atoms with Gasteiger partial charge in [0.2, 0.25) is 0 Å². The van der Waals surface area contributed by atoms with E-state index >= 15 is 0 Å². The first kappa shape index (κ1) is 23.4. The summed E-state index contributed by atoms with van der Waals surface area (Å²) in [4.78, 5) is 4.60. The van der Waals surface area contributed by atoms with Crippen molar-refractivity contribution in [3.8, 4) is 11.3 Å². The van der Waals surface area contributed by atoms with Gasteiger partial charge in [-0.3, -0.25) is 4.68 Å². The van der Waals surface area contributed by atoms with Gasteiger partial charge in [0.05, 0.1) is 60.7 Å². The van der Waals surface area contributed by atoms with Gasteiger partial charge >= 0.3 is 6.18 Å². The smallest absolute Gasteiger partial charge is 0.391 e. The Labute approximate surface area is 181 Å². The first-order valence-electron chi connectivity index (χ1n) is 9.94. The van der Waals surface area contributed by atoms with E-state index in [1.165, 1.54) is 23.3 Å². The van der Waals surface area contributed by atoms with Crippen LogP contribution in [0.2, 0.25) is 0 Å². The van der Waals surface area contributed by atoms with Crippen LogP contribution in [0.25, 0.3) is 22.3 Å². The molecule has 3 rings (SSSR count). The molecule has 0 radical (unpaired) electrons. The lowest BCUT2D eigenvalue weighted by Gasteiger charge is -2.17. The van der Waals surface area contributed by atoms with E-state index in [1.807, 2.05) is 0 Å². The van der Waals surface area contributed by atoms with Crippen molar-refractivity contribution in [3.63, 3.8) is 0 Å². The Kier molecular flexibility index (Phi) is 7.26. The van der Waals surface area contributed by atoms with E-state index in [0.717, 1.165) is 6.21 Å². The lowest BCUT2D eigenvalue weighted by Crippen LogP contribution is -2.26. The number of alkyl halides is 3. The molecular weight excluding hydrogens is 427 g/mol. The molecule has 9 nitrogen and oxygen atoms in total. The predicted octanol–water partition coefficient (Wildman–Crippen LogP) is 2.43. The number of nitrogens with zero attached hydrogens (tertiary/aromatic N) is 5. The molecule has 0 aliphatic carbocycles. The Hall–Kier alpha value is -3.25. The molecule has 0 amide bonds. The second kappa shape index (κ2) is 9.92. The fourth-order valence-electron chi connectivity index (χ4n) is 3.19. The van der Waals surface area contributed by atoms with Crippen LogP contribution in [0.4, 0.5) is 13.2 Å². The summed E-state index contributed by atoms with van der Waals surface area (Å²) in [7, 11) is 0. The van der Waals surface area contributed by atoms with Crippen LogP contribution in [0.5, 0.6) is 0 Å². The fraction of sp³-hybridized carbons (Fsp3) is 0.400. The van der Waals surface area contributed by atoms with E-state index in [4.69, 9.17) is 10.5 Å². The van der Waals surface area contributed by atoms with Crippen LogP contribution in [-0.4, -0.2) is 66.2 Å². The molecule has 3 heterocycles. The highest BCUT2D eigenvalue weighted by Crippen LogP contribution is 2.31. The minimum Gasteiger partial charge on any atom is -0.394 e. The van der Waals surface area contributed by atoms with Gasteiger partial charge in [0.25, 0.3) is 0 Å². The molecule has 0 aliphatic heterocycles. The van der Waals surface area contributed by atoms with Crippen LogP contribution < -0.4 is 5.32 Å². The van der Waals surface area contributed by atoms with Gasteiger partial charge in [-0.25, -0.2) is 9.50 Å². The molecule has 0 aliphatic rings. The van der Waals surface area contributed by atoms with E-state index in [9.17, 15) is 18.3 Å². The van der Waals surface area contributed by atoms with Gasteiger partial charge in [-0.15, -0.1) is 0 Å². The number of nitrogens with one attached hydrogen (secondary N) is 2. The summed E-state index contributed by atoms with van der Waals surface area (Å²) in [6, 6.07) is 0.896. The summed E-state index contributed by atoms with van der Waals surface area (Å²) < 4.78 is 41.6. The Morgan fingerprint density at radius 2 is 2.09 bits per heavy atom. The molecule has 0 aromatic carbocycles. The second-order valence-corrected chi connectivity index (χ2v) is 7.21. The number of aromatic nitrogens is 5. The molecule has 4 N–H and O–H groups in total. The summed E-state index contributed by atoms with van der Waals surface area (Å²) in [6.45, 7) is 1.35. The molecule has 0 saturated heterocycles. The zero-order valence-electron chi connectivity index (χ0n) is 17.3. The first-order chi connectivity index (χ1) is 15.3. The Morgan fingerprint density at radius 3 is 2.75 bits per heavy atom. The van der Waals surface area contributed by atoms with Crippen molar-refractivity contribution >= 4 is 17.3 Å². The van der Waals surface area contributed by atoms with E-state index in [2.05, 4.69) is 20.5 Å². The summed E-state index contributed by atoms with van der Waals surface area (Å²) in [6.07, 6.45) is 2.75.